The molecule has 0 fully saturated rings. The molecule has 2 nitrogen and oxygen atoms in total. The largest absolute Gasteiger partial charge is 0.366 e. The predicted octanol–water partition coefficient (Wildman–Crippen LogP) is 2.35. The lowest BCUT2D eigenvalue weighted by Gasteiger charge is -2.22. The third-order valence-electron chi connectivity index (χ3n) is 2.62. The zero-order valence-corrected chi connectivity index (χ0v) is 9.37. The maximum Gasteiger partial charge on any atom is 0.0415 e. The highest BCUT2D eigenvalue weighted by atomic mass is 35.5. The number of nitrogens with one attached hydrogen (secondary N) is 1. The lowest BCUT2D eigenvalue weighted by Crippen LogP contribution is -2.28. The number of hydrogen-bond donors (Lipinski definition) is 1. The molecule has 0 radical (unpaired) electrons. The van der Waals surface area contributed by atoms with E-state index >= 15 is 0 Å². The monoisotopic (exact) mass is 222 g/mol. The maximum atomic E-state index is 5.57. The zero-order chi connectivity index (χ0) is 10.5. The Balaban J connectivity index is 2.24. The van der Waals surface area contributed by atoms with Crippen LogP contribution >= 0.6 is 11.6 Å². The summed E-state index contributed by atoms with van der Waals surface area (Å²) in [5.74, 6) is 0. The van der Waals surface area contributed by atoms with E-state index in [1.807, 2.05) is 6.08 Å². The van der Waals surface area contributed by atoms with Crippen LogP contribution in [0.1, 0.15) is 5.56 Å². The quantitative estimate of drug-likeness (QED) is 0.827. The van der Waals surface area contributed by atoms with Gasteiger partial charge in [-0.1, -0.05) is 35.9 Å². The fourth-order valence-electron chi connectivity index (χ4n) is 1.88. The summed E-state index contributed by atoms with van der Waals surface area (Å²) in [6, 6.07) is 8.51. The van der Waals surface area contributed by atoms with Crippen LogP contribution in [0.4, 0.5) is 5.69 Å². The number of halogens is 1. The van der Waals surface area contributed by atoms with Crippen LogP contribution in [0.15, 0.2) is 35.9 Å². The van der Waals surface area contributed by atoms with Gasteiger partial charge in [-0.05, 0) is 11.6 Å². The van der Waals surface area contributed by atoms with Gasteiger partial charge in [-0.15, -0.1) is 0 Å². The van der Waals surface area contributed by atoms with Crippen molar-refractivity contribution in [3.05, 3.63) is 41.4 Å². The average Bonchev–Trinajstić information content (AvgIpc) is 2.49. The Labute approximate surface area is 95.5 Å². The minimum Gasteiger partial charge on any atom is -0.366 e. The SMILES string of the molecule is ClC=CCN1CCNCc2ccccc21. The Morgan fingerprint density at radius 1 is 1.40 bits per heavy atom. The average molecular weight is 223 g/mol. The fourth-order valence-corrected chi connectivity index (χ4v) is 1.96. The van der Waals surface area contributed by atoms with E-state index in [9.17, 15) is 0 Å². The molecule has 0 amide bonds. The van der Waals surface area contributed by atoms with Crippen LogP contribution in [-0.2, 0) is 6.54 Å². The number of nitrogens with zero attached hydrogens (tertiary/aromatic N) is 1. The van der Waals surface area contributed by atoms with Crippen LogP contribution in [0.25, 0.3) is 0 Å². The van der Waals surface area contributed by atoms with Gasteiger partial charge in [0.05, 0.1) is 0 Å². The van der Waals surface area contributed by atoms with Gasteiger partial charge in [0.15, 0.2) is 0 Å². The second-order valence-corrected chi connectivity index (χ2v) is 3.87. The first-order chi connectivity index (χ1) is 7.42. The van der Waals surface area contributed by atoms with Crippen molar-refractivity contribution in [2.24, 2.45) is 0 Å². The molecule has 0 saturated carbocycles. The molecular formula is C12H15ClN2. The van der Waals surface area contributed by atoms with Crippen LogP contribution in [-0.4, -0.2) is 19.6 Å². The first kappa shape index (κ1) is 10.5. The summed E-state index contributed by atoms with van der Waals surface area (Å²) in [6.07, 6.45) is 1.98. The van der Waals surface area contributed by atoms with Gasteiger partial charge >= 0.3 is 0 Å². The molecular weight excluding hydrogens is 208 g/mol. The molecule has 0 bridgehead atoms. The highest BCUT2D eigenvalue weighted by Crippen LogP contribution is 2.21. The van der Waals surface area contributed by atoms with E-state index in [0.717, 1.165) is 26.2 Å². The fraction of sp³-hybridized carbons (Fsp3) is 0.333. The number of rotatable bonds is 2. The number of anilines is 1. The van der Waals surface area contributed by atoms with Gasteiger partial charge in [0, 0.05) is 37.4 Å². The summed E-state index contributed by atoms with van der Waals surface area (Å²) >= 11 is 5.57. The van der Waals surface area contributed by atoms with Crippen molar-refractivity contribution < 1.29 is 0 Å². The molecule has 0 saturated heterocycles. The predicted molar refractivity (Wildman–Crippen MR) is 65.4 cm³/mol. The van der Waals surface area contributed by atoms with Crippen LogP contribution in [0.2, 0.25) is 0 Å². The first-order valence-corrected chi connectivity index (χ1v) is 5.64. The second-order valence-electron chi connectivity index (χ2n) is 3.61. The number of fused-ring (bicyclic) bond motifs is 1. The van der Waals surface area contributed by atoms with Gasteiger partial charge in [0.25, 0.3) is 0 Å². The van der Waals surface area contributed by atoms with Crippen molar-refractivity contribution in [2.75, 3.05) is 24.5 Å². The van der Waals surface area contributed by atoms with Gasteiger partial charge in [-0.25, -0.2) is 0 Å². The Morgan fingerprint density at radius 2 is 2.27 bits per heavy atom. The molecule has 15 heavy (non-hydrogen) atoms. The molecule has 3 heteroatoms. The standard InChI is InChI=1S/C12H15ClN2/c13-6-3-8-15-9-7-14-10-11-4-1-2-5-12(11)15/h1-6,14H,7-10H2. The minimum atomic E-state index is 0.877. The molecule has 80 valence electrons. The molecule has 1 aromatic carbocycles. The van der Waals surface area contributed by atoms with Gasteiger partial charge < -0.3 is 10.2 Å². The van der Waals surface area contributed by atoms with Gasteiger partial charge in [-0.2, -0.15) is 0 Å². The normalized spacial score (nSPS) is 16.5. The molecule has 0 atom stereocenters. The van der Waals surface area contributed by atoms with Crippen LogP contribution in [0, 0.1) is 0 Å². The van der Waals surface area contributed by atoms with Crippen molar-refractivity contribution in [1.82, 2.24) is 5.32 Å². The Kier molecular flexibility index (Phi) is 3.64. The van der Waals surface area contributed by atoms with E-state index in [0.29, 0.717) is 0 Å². The van der Waals surface area contributed by atoms with Crippen LogP contribution in [0.5, 0.6) is 0 Å². The molecule has 2 rings (SSSR count). The van der Waals surface area contributed by atoms with E-state index in [-0.39, 0.29) is 0 Å². The lowest BCUT2D eigenvalue weighted by molar-refractivity contribution is 0.700. The summed E-state index contributed by atoms with van der Waals surface area (Å²) in [5.41, 5.74) is 4.26. The molecule has 1 aliphatic heterocycles. The van der Waals surface area contributed by atoms with Gasteiger partial charge in [0.2, 0.25) is 0 Å². The molecule has 1 N–H and O–H groups in total. The molecule has 0 aliphatic carbocycles. The molecule has 0 aromatic heterocycles. The van der Waals surface area contributed by atoms with Crippen molar-refractivity contribution in [3.63, 3.8) is 0 Å². The van der Waals surface area contributed by atoms with E-state index in [4.69, 9.17) is 11.6 Å². The van der Waals surface area contributed by atoms with Crippen molar-refractivity contribution in [1.29, 1.82) is 0 Å². The summed E-state index contributed by atoms with van der Waals surface area (Å²) in [6.45, 7) is 3.88. The molecule has 1 heterocycles. The van der Waals surface area contributed by atoms with Gasteiger partial charge in [-0.3, -0.25) is 0 Å². The molecule has 1 aliphatic rings. The highest BCUT2D eigenvalue weighted by Gasteiger charge is 2.12. The van der Waals surface area contributed by atoms with Crippen molar-refractivity contribution in [2.45, 2.75) is 6.54 Å². The zero-order valence-electron chi connectivity index (χ0n) is 8.62. The Morgan fingerprint density at radius 3 is 3.13 bits per heavy atom. The number of benzene rings is 1. The van der Waals surface area contributed by atoms with Crippen LogP contribution in [0.3, 0.4) is 0 Å². The van der Waals surface area contributed by atoms with E-state index in [1.165, 1.54) is 11.3 Å². The third-order valence-corrected chi connectivity index (χ3v) is 2.80. The molecule has 1 aromatic rings. The van der Waals surface area contributed by atoms with Gasteiger partial charge in [0.1, 0.15) is 0 Å². The summed E-state index contributed by atoms with van der Waals surface area (Å²) in [7, 11) is 0. The summed E-state index contributed by atoms with van der Waals surface area (Å²) < 4.78 is 0. The number of hydrogen-bond acceptors (Lipinski definition) is 2. The molecule has 0 unspecified atom stereocenters. The topological polar surface area (TPSA) is 15.3 Å². The summed E-state index contributed by atoms with van der Waals surface area (Å²) in [5, 5.41) is 3.41. The minimum absolute atomic E-state index is 0.877. The van der Waals surface area contributed by atoms with Crippen molar-refractivity contribution >= 4 is 17.3 Å². The van der Waals surface area contributed by atoms with E-state index in [1.54, 1.807) is 5.54 Å². The maximum absolute atomic E-state index is 5.57. The van der Waals surface area contributed by atoms with E-state index in [2.05, 4.69) is 34.5 Å². The highest BCUT2D eigenvalue weighted by molar-refractivity contribution is 6.25. The third kappa shape index (κ3) is 2.52. The Bertz CT molecular complexity index is 349. The Hall–Kier alpha value is -0.990. The van der Waals surface area contributed by atoms with Crippen molar-refractivity contribution in [3.8, 4) is 0 Å². The van der Waals surface area contributed by atoms with E-state index < -0.39 is 0 Å². The molecule has 0 spiro atoms. The van der Waals surface area contributed by atoms with Crippen LogP contribution < -0.4 is 10.2 Å². The second kappa shape index (κ2) is 5.19. The summed E-state index contributed by atoms with van der Waals surface area (Å²) in [4.78, 5) is 2.34. The first-order valence-electron chi connectivity index (χ1n) is 5.20. The lowest BCUT2D eigenvalue weighted by atomic mass is 10.1. The smallest absolute Gasteiger partial charge is 0.0415 e. The number of para-hydroxylation sites is 1.